The maximum Gasteiger partial charge on any atom is 0.0551 e. The van der Waals surface area contributed by atoms with Gasteiger partial charge in [0.05, 0.1) is 5.69 Å². The molecule has 0 aromatic heterocycles. The van der Waals surface area contributed by atoms with Crippen LogP contribution in [-0.4, -0.2) is 0 Å². The van der Waals surface area contributed by atoms with Gasteiger partial charge in [0, 0.05) is 37.6 Å². The van der Waals surface area contributed by atoms with Crippen LogP contribution in [0.5, 0.6) is 0 Å². The molecule has 1 heterocycles. The van der Waals surface area contributed by atoms with Crippen molar-refractivity contribution in [2.24, 2.45) is 23.7 Å². The Bertz CT molecular complexity index is 2670. The van der Waals surface area contributed by atoms with E-state index in [-0.39, 0.29) is 21.7 Å². The second kappa shape index (κ2) is 12.5. The molecule has 0 saturated heterocycles. The fourth-order valence-corrected chi connectivity index (χ4v) is 15.2. The van der Waals surface area contributed by atoms with Crippen molar-refractivity contribution in [3.63, 3.8) is 0 Å². The first-order valence-electron chi connectivity index (χ1n) is 22.6. The highest BCUT2D eigenvalue weighted by molar-refractivity contribution is 7.99. The summed E-state index contributed by atoms with van der Waals surface area (Å²) in [6.07, 6.45) is 9.40. The highest BCUT2D eigenvalue weighted by Gasteiger charge is 2.61. The van der Waals surface area contributed by atoms with Crippen molar-refractivity contribution < 1.29 is 0 Å². The van der Waals surface area contributed by atoms with Gasteiger partial charge in [0.2, 0.25) is 0 Å². The van der Waals surface area contributed by atoms with E-state index in [1.54, 1.807) is 11.1 Å². The standard InChI is InChI=1S/C57H57NS/c1-54(2)24-25-55(3,4)49-32-41(21-23-46(49)54)58(40-20-22-43-42-16-10-11-17-45(42)56(5,6)48(43)31-40)51-34-53-50(33-44(51)37-14-8-7-9-15-37)57(47-18-12-13-19-52(47)59-53)38-27-35-26-36(29-38)30-39(57)28-35/h7-23,31-36,38-39H,24-30H2,1-6H3. The van der Waals surface area contributed by atoms with E-state index in [1.807, 2.05) is 11.8 Å². The van der Waals surface area contributed by atoms with Crippen molar-refractivity contribution in [3.8, 4) is 22.3 Å². The highest BCUT2D eigenvalue weighted by atomic mass is 32.2. The highest BCUT2D eigenvalue weighted by Crippen LogP contribution is 2.69. The van der Waals surface area contributed by atoms with Gasteiger partial charge in [0.25, 0.3) is 0 Å². The molecule has 0 unspecified atom stereocenters. The molecule has 4 fully saturated rings. The Balaban J connectivity index is 1.14. The first-order chi connectivity index (χ1) is 28.4. The van der Waals surface area contributed by atoms with Gasteiger partial charge >= 0.3 is 0 Å². The summed E-state index contributed by atoms with van der Waals surface area (Å²) in [6.45, 7) is 14.7. The predicted molar refractivity (Wildman–Crippen MR) is 248 cm³/mol. The molecule has 1 aliphatic heterocycles. The van der Waals surface area contributed by atoms with Crippen LogP contribution in [0.4, 0.5) is 17.1 Å². The van der Waals surface area contributed by atoms with Crippen LogP contribution in [0.25, 0.3) is 22.3 Å². The second-order valence-electron chi connectivity index (χ2n) is 21.2. The lowest BCUT2D eigenvalue weighted by molar-refractivity contribution is -0.0443. The molecule has 6 aliphatic carbocycles. The Hall–Kier alpha value is -4.53. The van der Waals surface area contributed by atoms with Crippen molar-refractivity contribution in [2.45, 2.75) is 118 Å². The summed E-state index contributed by atoms with van der Waals surface area (Å²) in [6, 6.07) is 50.3. The van der Waals surface area contributed by atoms with E-state index in [9.17, 15) is 0 Å². The maximum atomic E-state index is 2.72. The van der Waals surface area contributed by atoms with E-state index in [0.29, 0.717) is 11.8 Å². The number of anilines is 3. The summed E-state index contributed by atoms with van der Waals surface area (Å²) in [5.74, 6) is 3.23. The lowest BCUT2D eigenvalue weighted by atomic mass is 9.42. The van der Waals surface area contributed by atoms with Crippen LogP contribution in [0, 0.1) is 23.7 Å². The zero-order chi connectivity index (χ0) is 40.1. The van der Waals surface area contributed by atoms with Crippen molar-refractivity contribution in [2.75, 3.05) is 4.90 Å². The van der Waals surface area contributed by atoms with Gasteiger partial charge in [0.1, 0.15) is 0 Å². The monoisotopic (exact) mass is 787 g/mol. The van der Waals surface area contributed by atoms with Crippen molar-refractivity contribution in [1.82, 2.24) is 0 Å². The van der Waals surface area contributed by atoms with Gasteiger partial charge in [0.15, 0.2) is 0 Å². The van der Waals surface area contributed by atoms with Crippen LogP contribution in [0.15, 0.2) is 137 Å². The van der Waals surface area contributed by atoms with Gasteiger partial charge in [-0.2, -0.15) is 0 Å². The number of fused-ring (bicyclic) bond motifs is 6. The lowest BCUT2D eigenvalue weighted by Gasteiger charge is -2.63. The van der Waals surface area contributed by atoms with Crippen LogP contribution in [0.1, 0.15) is 120 Å². The summed E-state index contributed by atoms with van der Waals surface area (Å²) in [4.78, 5) is 5.60. The van der Waals surface area contributed by atoms with Gasteiger partial charge in [-0.05, 0) is 172 Å². The molecule has 0 radical (unpaired) electrons. The number of hydrogen-bond acceptors (Lipinski definition) is 2. The molecule has 1 nitrogen and oxygen atoms in total. The zero-order valence-electron chi connectivity index (χ0n) is 35.7. The summed E-state index contributed by atoms with van der Waals surface area (Å²) >= 11 is 2.03. The number of rotatable bonds is 4. The summed E-state index contributed by atoms with van der Waals surface area (Å²) in [5, 5.41) is 0. The summed E-state index contributed by atoms with van der Waals surface area (Å²) in [7, 11) is 0. The SMILES string of the molecule is CC1(C)CCC(C)(C)c2cc(N(c3ccc4c(c3)C(C)(C)c3ccccc3-4)c3cc4c(cc3-c3ccccc3)C3(c5ccccc5S4)C4CC5CC(C4)CC3C5)ccc21. The maximum absolute atomic E-state index is 2.72. The number of benzene rings is 6. The summed E-state index contributed by atoms with van der Waals surface area (Å²) in [5.41, 5.74) is 18.4. The van der Waals surface area contributed by atoms with Crippen molar-refractivity contribution in [1.29, 1.82) is 0 Å². The first-order valence-corrected chi connectivity index (χ1v) is 23.5. The van der Waals surface area contributed by atoms with Gasteiger partial charge in [-0.3, -0.25) is 0 Å². The van der Waals surface area contributed by atoms with Crippen LogP contribution < -0.4 is 4.90 Å². The van der Waals surface area contributed by atoms with Crippen LogP contribution >= 0.6 is 11.8 Å². The molecule has 13 rings (SSSR count). The average Bonchev–Trinajstić information content (AvgIpc) is 3.46. The Morgan fingerprint density at radius 1 is 0.458 bits per heavy atom. The zero-order valence-corrected chi connectivity index (χ0v) is 36.6. The van der Waals surface area contributed by atoms with Crippen LogP contribution in [-0.2, 0) is 21.7 Å². The normalized spacial score (nSPS) is 26.7. The van der Waals surface area contributed by atoms with E-state index in [1.165, 1.54) is 116 Å². The molecular weight excluding hydrogens is 731 g/mol. The Kier molecular flexibility index (Phi) is 7.70. The van der Waals surface area contributed by atoms with Gasteiger partial charge in [-0.1, -0.05) is 138 Å². The minimum Gasteiger partial charge on any atom is -0.310 e. The molecule has 0 N–H and O–H groups in total. The Labute approximate surface area is 356 Å². The van der Waals surface area contributed by atoms with Crippen LogP contribution in [0.2, 0.25) is 0 Å². The molecule has 6 aromatic rings. The lowest BCUT2D eigenvalue weighted by Crippen LogP contribution is -2.57. The third-order valence-corrected chi connectivity index (χ3v) is 17.9. The van der Waals surface area contributed by atoms with Crippen molar-refractivity contribution >= 4 is 28.8 Å². The largest absolute Gasteiger partial charge is 0.310 e. The minimum absolute atomic E-state index is 0.0717. The average molecular weight is 788 g/mol. The second-order valence-corrected chi connectivity index (χ2v) is 22.3. The van der Waals surface area contributed by atoms with Gasteiger partial charge < -0.3 is 4.90 Å². The molecule has 4 saturated carbocycles. The quantitative estimate of drug-likeness (QED) is 0.175. The molecule has 4 bridgehead atoms. The summed E-state index contributed by atoms with van der Waals surface area (Å²) < 4.78 is 0. The van der Waals surface area contributed by atoms with Crippen LogP contribution in [0.3, 0.4) is 0 Å². The smallest absolute Gasteiger partial charge is 0.0551 e. The van der Waals surface area contributed by atoms with E-state index in [4.69, 9.17) is 0 Å². The molecule has 1 spiro atoms. The Morgan fingerprint density at radius 2 is 1.05 bits per heavy atom. The third kappa shape index (κ3) is 5.11. The Morgan fingerprint density at radius 3 is 1.78 bits per heavy atom. The first kappa shape index (κ1) is 36.3. The molecule has 59 heavy (non-hydrogen) atoms. The topological polar surface area (TPSA) is 3.24 Å². The molecule has 7 aliphatic rings. The fourth-order valence-electron chi connectivity index (χ4n) is 14.0. The third-order valence-electron chi connectivity index (χ3n) is 16.8. The van der Waals surface area contributed by atoms with Gasteiger partial charge in [-0.15, -0.1) is 0 Å². The predicted octanol–water partition coefficient (Wildman–Crippen LogP) is 15.7. The van der Waals surface area contributed by atoms with E-state index >= 15 is 0 Å². The minimum atomic E-state index is -0.0982. The molecule has 296 valence electrons. The molecule has 6 aromatic carbocycles. The van der Waals surface area contributed by atoms with E-state index in [0.717, 1.165) is 11.8 Å². The van der Waals surface area contributed by atoms with Gasteiger partial charge in [-0.25, -0.2) is 0 Å². The van der Waals surface area contributed by atoms with E-state index < -0.39 is 0 Å². The fraction of sp³-hybridized carbons (Fsp3) is 0.368. The molecular formula is C57H57NS. The molecule has 2 heteroatoms. The molecule has 0 atom stereocenters. The van der Waals surface area contributed by atoms with E-state index in [2.05, 4.69) is 174 Å². The van der Waals surface area contributed by atoms with Crippen molar-refractivity contribution in [3.05, 3.63) is 161 Å². The molecule has 0 amide bonds. The number of hydrogen-bond donors (Lipinski definition) is 0. The number of nitrogens with zero attached hydrogens (tertiary/aromatic N) is 1.